The molecule has 1 aromatic heterocycles. The maximum Gasteiger partial charge on any atom is 0.227 e. The average Bonchev–Trinajstić information content (AvgIpc) is 3.31. The molecule has 0 radical (unpaired) electrons. The first kappa shape index (κ1) is 25.4. The molecule has 2 fully saturated rings. The second kappa shape index (κ2) is 10.7. The number of hydrogen-bond acceptors (Lipinski definition) is 4. The van der Waals surface area contributed by atoms with Gasteiger partial charge in [0.2, 0.25) is 5.91 Å². The summed E-state index contributed by atoms with van der Waals surface area (Å²) >= 11 is 0. The van der Waals surface area contributed by atoms with Crippen molar-refractivity contribution in [2.24, 2.45) is 5.92 Å². The van der Waals surface area contributed by atoms with E-state index in [2.05, 4.69) is 9.47 Å². The van der Waals surface area contributed by atoms with Crippen LogP contribution in [-0.4, -0.2) is 64.5 Å². The number of hydrogen-bond donors (Lipinski definition) is 0. The number of halogens is 3. The van der Waals surface area contributed by atoms with Crippen molar-refractivity contribution in [2.75, 3.05) is 44.2 Å². The number of anilines is 1. The third kappa shape index (κ3) is 5.23. The zero-order valence-electron chi connectivity index (χ0n) is 21.6. The van der Waals surface area contributed by atoms with E-state index in [4.69, 9.17) is 4.98 Å². The van der Waals surface area contributed by atoms with Crippen molar-refractivity contribution in [2.45, 2.75) is 19.4 Å². The zero-order chi connectivity index (χ0) is 26.9. The molecule has 0 N–H and O–H groups in total. The SMILES string of the molecule is O=C([C@@H]1CCCN(Cc2nc3ccccc3n2-c2ccc(F)cc2)C1)N1CCN(c2ccc(F)cc2F)CC1. The molecule has 0 aliphatic carbocycles. The summed E-state index contributed by atoms with van der Waals surface area (Å²) in [6.45, 7) is 4.11. The molecule has 9 heteroatoms. The fraction of sp³-hybridized carbons (Fsp3) is 0.333. The van der Waals surface area contributed by atoms with Crippen molar-refractivity contribution in [3.8, 4) is 5.69 Å². The molecule has 3 aromatic carbocycles. The van der Waals surface area contributed by atoms with Crippen LogP contribution in [0, 0.1) is 23.4 Å². The molecule has 0 bridgehead atoms. The van der Waals surface area contributed by atoms with Gasteiger partial charge in [-0.15, -0.1) is 0 Å². The molecule has 6 nitrogen and oxygen atoms in total. The number of piperazine rings is 1. The second-order valence-corrected chi connectivity index (χ2v) is 10.3. The molecule has 6 rings (SSSR count). The summed E-state index contributed by atoms with van der Waals surface area (Å²) in [5.41, 5.74) is 3.05. The van der Waals surface area contributed by atoms with Crippen molar-refractivity contribution in [3.63, 3.8) is 0 Å². The third-order valence-electron chi connectivity index (χ3n) is 7.78. The minimum Gasteiger partial charge on any atom is -0.366 e. The Hall–Kier alpha value is -3.85. The highest BCUT2D eigenvalue weighted by atomic mass is 19.1. The molecule has 0 unspecified atom stereocenters. The Kier molecular flexibility index (Phi) is 6.99. The Morgan fingerprint density at radius 2 is 1.62 bits per heavy atom. The monoisotopic (exact) mass is 533 g/mol. The van der Waals surface area contributed by atoms with Crippen LogP contribution in [0.1, 0.15) is 18.7 Å². The maximum atomic E-state index is 14.2. The van der Waals surface area contributed by atoms with Gasteiger partial charge in [0.1, 0.15) is 23.3 Å². The highest BCUT2D eigenvalue weighted by molar-refractivity contribution is 5.80. The van der Waals surface area contributed by atoms with Crippen LogP contribution in [-0.2, 0) is 11.3 Å². The van der Waals surface area contributed by atoms with E-state index < -0.39 is 11.6 Å². The highest BCUT2D eigenvalue weighted by Gasteiger charge is 2.32. The minimum absolute atomic E-state index is 0.114. The summed E-state index contributed by atoms with van der Waals surface area (Å²) < 4.78 is 43.2. The van der Waals surface area contributed by atoms with Crippen molar-refractivity contribution >= 4 is 22.6 Å². The van der Waals surface area contributed by atoms with Gasteiger partial charge in [-0.05, 0) is 67.9 Å². The number of nitrogens with zero attached hydrogens (tertiary/aromatic N) is 5. The molecule has 2 aliphatic heterocycles. The molecular formula is C30H30F3N5O. The summed E-state index contributed by atoms with van der Waals surface area (Å²) in [4.78, 5) is 24.4. The quantitative estimate of drug-likeness (QED) is 0.362. The van der Waals surface area contributed by atoms with Crippen LogP contribution < -0.4 is 4.90 Å². The van der Waals surface area contributed by atoms with Gasteiger partial charge < -0.3 is 9.80 Å². The van der Waals surface area contributed by atoms with Gasteiger partial charge >= 0.3 is 0 Å². The van der Waals surface area contributed by atoms with Crippen LogP contribution in [0.2, 0.25) is 0 Å². The molecule has 1 amide bonds. The van der Waals surface area contributed by atoms with Crippen molar-refractivity contribution < 1.29 is 18.0 Å². The third-order valence-corrected chi connectivity index (χ3v) is 7.78. The lowest BCUT2D eigenvalue weighted by Gasteiger charge is -2.39. The van der Waals surface area contributed by atoms with Crippen molar-refractivity contribution in [1.82, 2.24) is 19.4 Å². The Morgan fingerprint density at radius 3 is 2.38 bits per heavy atom. The number of carbonyl (C=O) groups is 1. The maximum absolute atomic E-state index is 14.2. The number of rotatable bonds is 5. The standard InChI is InChI=1S/C30H30F3N5O/c31-22-7-10-24(11-8-22)38-28-6-2-1-5-26(28)34-29(38)20-35-13-3-4-21(19-35)30(39)37-16-14-36(15-17-37)27-12-9-23(32)18-25(27)33/h1-2,5-12,18,21H,3-4,13-17,19-20H2/t21-/m1/s1. The summed E-state index contributed by atoms with van der Waals surface area (Å²) in [5.74, 6) is -0.594. The van der Waals surface area contributed by atoms with Crippen molar-refractivity contribution in [3.05, 3.63) is 90.0 Å². The summed E-state index contributed by atoms with van der Waals surface area (Å²) in [7, 11) is 0. The first-order valence-electron chi connectivity index (χ1n) is 13.4. The second-order valence-electron chi connectivity index (χ2n) is 10.3. The zero-order valence-corrected chi connectivity index (χ0v) is 21.6. The predicted molar refractivity (Wildman–Crippen MR) is 144 cm³/mol. The van der Waals surface area contributed by atoms with Gasteiger partial charge in [-0.25, -0.2) is 18.2 Å². The summed E-state index contributed by atoms with van der Waals surface area (Å²) in [6.07, 6.45) is 1.74. The van der Waals surface area contributed by atoms with Crippen LogP contribution in [0.15, 0.2) is 66.7 Å². The molecule has 0 saturated carbocycles. The van der Waals surface area contributed by atoms with Crippen LogP contribution in [0.4, 0.5) is 18.9 Å². The predicted octanol–water partition coefficient (Wildman–Crippen LogP) is 5.00. The number of imidazole rings is 1. The van der Waals surface area contributed by atoms with E-state index >= 15 is 0 Å². The van der Waals surface area contributed by atoms with Gasteiger partial charge in [-0.3, -0.25) is 14.3 Å². The number of piperidine rings is 1. The molecule has 3 heterocycles. The van der Waals surface area contributed by atoms with Crippen LogP contribution in [0.3, 0.4) is 0 Å². The minimum atomic E-state index is -0.597. The van der Waals surface area contributed by atoms with Gasteiger partial charge in [-0.1, -0.05) is 12.1 Å². The Bertz CT molecular complexity index is 1480. The number of benzene rings is 3. The molecule has 1 atom stereocenters. The van der Waals surface area contributed by atoms with Gasteiger partial charge in [0.15, 0.2) is 0 Å². The number of likely N-dealkylation sites (tertiary alicyclic amines) is 1. The first-order valence-corrected chi connectivity index (χ1v) is 13.4. The largest absolute Gasteiger partial charge is 0.366 e. The molecule has 202 valence electrons. The molecule has 39 heavy (non-hydrogen) atoms. The Labute approximate surface area is 225 Å². The lowest BCUT2D eigenvalue weighted by molar-refractivity contribution is -0.137. The normalized spacial score (nSPS) is 18.6. The lowest BCUT2D eigenvalue weighted by Crippen LogP contribution is -2.52. The highest BCUT2D eigenvalue weighted by Crippen LogP contribution is 2.27. The first-order chi connectivity index (χ1) is 19.0. The van der Waals surface area contributed by atoms with E-state index in [9.17, 15) is 18.0 Å². The van der Waals surface area contributed by atoms with Crippen LogP contribution in [0.25, 0.3) is 16.7 Å². The topological polar surface area (TPSA) is 44.6 Å². The summed E-state index contributed by atoms with van der Waals surface area (Å²) in [5, 5.41) is 0. The lowest BCUT2D eigenvalue weighted by atomic mass is 9.96. The smallest absolute Gasteiger partial charge is 0.227 e. The van der Waals surface area contributed by atoms with Gasteiger partial charge in [0, 0.05) is 44.5 Å². The number of carbonyl (C=O) groups excluding carboxylic acids is 1. The molecule has 2 saturated heterocycles. The van der Waals surface area contributed by atoms with Crippen molar-refractivity contribution in [1.29, 1.82) is 0 Å². The molecule has 0 spiro atoms. The number of para-hydroxylation sites is 2. The molecular weight excluding hydrogens is 503 g/mol. The Balaban J connectivity index is 1.14. The molecule has 2 aliphatic rings. The van der Waals surface area contributed by atoms with Gasteiger partial charge in [0.25, 0.3) is 0 Å². The van der Waals surface area contributed by atoms with E-state index in [1.54, 1.807) is 12.1 Å². The van der Waals surface area contributed by atoms with E-state index in [0.717, 1.165) is 48.0 Å². The van der Waals surface area contributed by atoms with E-state index in [1.165, 1.54) is 24.3 Å². The van der Waals surface area contributed by atoms with Gasteiger partial charge in [0.05, 0.1) is 29.2 Å². The van der Waals surface area contributed by atoms with Crippen LogP contribution >= 0.6 is 0 Å². The number of fused-ring (bicyclic) bond motifs is 1. The van der Waals surface area contributed by atoms with E-state index in [1.807, 2.05) is 34.1 Å². The fourth-order valence-electron chi connectivity index (χ4n) is 5.82. The van der Waals surface area contributed by atoms with Gasteiger partial charge in [-0.2, -0.15) is 0 Å². The average molecular weight is 534 g/mol. The van der Waals surface area contributed by atoms with E-state index in [0.29, 0.717) is 45.0 Å². The van der Waals surface area contributed by atoms with Crippen LogP contribution in [0.5, 0.6) is 0 Å². The Morgan fingerprint density at radius 1 is 0.872 bits per heavy atom. The summed E-state index contributed by atoms with van der Waals surface area (Å²) in [6, 6.07) is 17.9. The number of amides is 1. The fourth-order valence-corrected chi connectivity index (χ4v) is 5.82. The molecule has 4 aromatic rings. The van der Waals surface area contributed by atoms with E-state index in [-0.39, 0.29) is 17.6 Å². The number of aromatic nitrogens is 2.